The lowest BCUT2D eigenvalue weighted by atomic mass is 9.83. The maximum absolute atomic E-state index is 9.44. The molecule has 0 unspecified atom stereocenters. The van der Waals surface area contributed by atoms with Gasteiger partial charge in [-0.3, -0.25) is 4.90 Å². The lowest BCUT2D eigenvalue weighted by molar-refractivity contribution is 0.343. The number of nitriles is 1. The van der Waals surface area contributed by atoms with E-state index in [1.54, 1.807) is 30.2 Å². The second-order valence-corrected chi connectivity index (χ2v) is 5.70. The SMILES string of the molecule is COc1ccc(N(C#N)Cc2ncoc2C2CCC2)cc1Cl. The summed E-state index contributed by atoms with van der Waals surface area (Å²) in [6, 6.07) is 5.27. The molecule has 0 radical (unpaired) electrons. The first-order valence-corrected chi connectivity index (χ1v) is 7.53. The molecular weight excluding hydrogens is 302 g/mol. The van der Waals surface area contributed by atoms with Crippen molar-refractivity contribution in [3.63, 3.8) is 0 Å². The Morgan fingerprint density at radius 3 is 2.91 bits per heavy atom. The molecule has 1 aliphatic rings. The lowest BCUT2D eigenvalue weighted by Gasteiger charge is -2.24. The molecule has 1 aromatic carbocycles. The summed E-state index contributed by atoms with van der Waals surface area (Å²) in [5.74, 6) is 1.93. The van der Waals surface area contributed by atoms with Gasteiger partial charge in [0.25, 0.3) is 0 Å². The molecule has 0 bridgehead atoms. The molecule has 0 amide bonds. The molecule has 0 N–H and O–H groups in total. The Hall–Kier alpha value is -2.19. The minimum Gasteiger partial charge on any atom is -0.495 e. The number of benzene rings is 1. The van der Waals surface area contributed by atoms with Gasteiger partial charge in [-0.15, -0.1) is 0 Å². The van der Waals surface area contributed by atoms with Crippen molar-refractivity contribution in [1.29, 1.82) is 5.26 Å². The van der Waals surface area contributed by atoms with Gasteiger partial charge in [0.2, 0.25) is 0 Å². The Morgan fingerprint density at radius 1 is 1.50 bits per heavy atom. The van der Waals surface area contributed by atoms with Crippen molar-refractivity contribution in [1.82, 2.24) is 4.98 Å². The quantitative estimate of drug-likeness (QED) is 0.614. The molecule has 114 valence electrons. The third kappa shape index (κ3) is 2.75. The van der Waals surface area contributed by atoms with Crippen molar-refractivity contribution in [2.24, 2.45) is 0 Å². The fourth-order valence-electron chi connectivity index (χ4n) is 2.56. The Bertz CT molecular complexity index is 704. The van der Waals surface area contributed by atoms with Crippen LogP contribution in [-0.2, 0) is 6.54 Å². The van der Waals surface area contributed by atoms with Crippen LogP contribution in [0.3, 0.4) is 0 Å². The minimum atomic E-state index is 0.376. The summed E-state index contributed by atoms with van der Waals surface area (Å²) in [5.41, 5.74) is 1.52. The fraction of sp³-hybridized carbons (Fsp3) is 0.375. The molecule has 2 aromatic rings. The zero-order valence-corrected chi connectivity index (χ0v) is 13.0. The van der Waals surface area contributed by atoms with Gasteiger partial charge in [0, 0.05) is 5.92 Å². The van der Waals surface area contributed by atoms with Crippen molar-refractivity contribution in [3.05, 3.63) is 41.1 Å². The van der Waals surface area contributed by atoms with E-state index in [1.165, 1.54) is 12.8 Å². The van der Waals surface area contributed by atoms with Crippen molar-refractivity contribution >= 4 is 17.3 Å². The molecule has 1 saturated carbocycles. The van der Waals surface area contributed by atoms with E-state index in [1.807, 2.05) is 0 Å². The molecule has 0 atom stereocenters. The van der Waals surface area contributed by atoms with E-state index in [2.05, 4.69) is 11.2 Å². The molecule has 1 aliphatic carbocycles. The normalized spacial score (nSPS) is 14.2. The van der Waals surface area contributed by atoms with Crippen molar-refractivity contribution < 1.29 is 9.15 Å². The molecule has 1 fully saturated rings. The third-order valence-corrected chi connectivity index (χ3v) is 4.32. The van der Waals surface area contributed by atoms with Gasteiger partial charge in [0.15, 0.2) is 12.6 Å². The van der Waals surface area contributed by atoms with Crippen LogP contribution in [0.25, 0.3) is 0 Å². The third-order valence-electron chi connectivity index (χ3n) is 4.02. The first-order chi connectivity index (χ1) is 10.7. The number of anilines is 1. The highest BCUT2D eigenvalue weighted by Gasteiger charge is 2.27. The number of hydrogen-bond acceptors (Lipinski definition) is 5. The van der Waals surface area contributed by atoms with Crippen LogP contribution in [0.1, 0.15) is 36.6 Å². The average molecular weight is 318 g/mol. The summed E-state index contributed by atoms with van der Waals surface area (Å²) < 4.78 is 10.6. The van der Waals surface area contributed by atoms with E-state index in [0.717, 1.165) is 24.3 Å². The number of rotatable bonds is 5. The summed E-state index contributed by atoms with van der Waals surface area (Å²) in [4.78, 5) is 5.82. The highest BCUT2D eigenvalue weighted by molar-refractivity contribution is 6.32. The predicted molar refractivity (Wildman–Crippen MR) is 82.9 cm³/mol. The molecule has 6 heteroatoms. The van der Waals surface area contributed by atoms with Crippen molar-refractivity contribution in [2.45, 2.75) is 31.7 Å². The minimum absolute atomic E-state index is 0.376. The molecule has 3 rings (SSSR count). The largest absolute Gasteiger partial charge is 0.495 e. The Labute approximate surface area is 134 Å². The van der Waals surface area contributed by atoms with Gasteiger partial charge in [-0.2, -0.15) is 5.26 Å². The highest BCUT2D eigenvalue weighted by atomic mass is 35.5. The first kappa shape index (κ1) is 14.7. The highest BCUT2D eigenvalue weighted by Crippen LogP contribution is 2.38. The van der Waals surface area contributed by atoms with Gasteiger partial charge in [-0.05, 0) is 31.0 Å². The smallest absolute Gasteiger partial charge is 0.184 e. The Kier molecular flexibility index (Phi) is 4.21. The van der Waals surface area contributed by atoms with Crippen LogP contribution in [0.2, 0.25) is 5.02 Å². The van der Waals surface area contributed by atoms with E-state index in [-0.39, 0.29) is 0 Å². The fourth-order valence-corrected chi connectivity index (χ4v) is 2.81. The van der Waals surface area contributed by atoms with Gasteiger partial charge in [-0.25, -0.2) is 4.98 Å². The average Bonchev–Trinajstić information content (AvgIpc) is 2.90. The summed E-state index contributed by atoms with van der Waals surface area (Å²) in [7, 11) is 1.56. The van der Waals surface area contributed by atoms with Crippen molar-refractivity contribution in [2.75, 3.05) is 12.0 Å². The van der Waals surface area contributed by atoms with Gasteiger partial charge in [0.05, 0.1) is 24.4 Å². The first-order valence-electron chi connectivity index (χ1n) is 7.16. The molecule has 5 nitrogen and oxygen atoms in total. The van der Waals surface area contributed by atoms with Crippen LogP contribution in [-0.4, -0.2) is 12.1 Å². The number of methoxy groups -OCH3 is 1. The zero-order valence-electron chi connectivity index (χ0n) is 12.3. The van der Waals surface area contributed by atoms with E-state index in [4.69, 9.17) is 20.8 Å². The Morgan fingerprint density at radius 2 is 2.32 bits per heavy atom. The van der Waals surface area contributed by atoms with Gasteiger partial charge >= 0.3 is 0 Å². The molecule has 0 aliphatic heterocycles. The molecule has 22 heavy (non-hydrogen) atoms. The van der Waals surface area contributed by atoms with E-state index in [9.17, 15) is 5.26 Å². The molecular formula is C16H16ClN3O2. The van der Waals surface area contributed by atoms with Crippen LogP contribution in [0.15, 0.2) is 29.0 Å². The maximum atomic E-state index is 9.44. The second kappa shape index (κ2) is 6.29. The zero-order chi connectivity index (χ0) is 15.5. The maximum Gasteiger partial charge on any atom is 0.184 e. The number of hydrogen-bond donors (Lipinski definition) is 0. The summed E-state index contributed by atoms with van der Waals surface area (Å²) in [5, 5.41) is 9.91. The van der Waals surface area contributed by atoms with Crippen molar-refractivity contribution in [3.8, 4) is 11.9 Å². The van der Waals surface area contributed by atoms with E-state index in [0.29, 0.717) is 28.9 Å². The van der Waals surface area contributed by atoms with Crippen LogP contribution < -0.4 is 9.64 Å². The monoisotopic (exact) mass is 317 g/mol. The van der Waals surface area contributed by atoms with Crippen LogP contribution in [0.4, 0.5) is 5.69 Å². The molecule has 0 saturated heterocycles. The Balaban J connectivity index is 1.82. The van der Waals surface area contributed by atoms with Gasteiger partial charge in [0.1, 0.15) is 17.2 Å². The number of ether oxygens (including phenoxy) is 1. The van der Waals surface area contributed by atoms with Crippen LogP contribution >= 0.6 is 11.6 Å². The topological polar surface area (TPSA) is 62.3 Å². The predicted octanol–water partition coefficient (Wildman–Crippen LogP) is 4.09. The van der Waals surface area contributed by atoms with Crippen LogP contribution in [0.5, 0.6) is 5.75 Å². The molecule has 1 heterocycles. The summed E-state index contributed by atoms with van der Waals surface area (Å²) in [6.45, 7) is 0.376. The number of nitrogens with zero attached hydrogens (tertiary/aromatic N) is 3. The van der Waals surface area contributed by atoms with E-state index >= 15 is 0 Å². The lowest BCUT2D eigenvalue weighted by Crippen LogP contribution is -2.19. The van der Waals surface area contributed by atoms with E-state index < -0.39 is 0 Å². The standard InChI is InChI=1S/C16H16ClN3O2/c1-21-15-6-5-12(7-13(15)17)20(9-18)8-14-16(22-10-19-14)11-3-2-4-11/h5-7,10-11H,2-4,8H2,1H3. The number of oxazole rings is 1. The van der Waals surface area contributed by atoms with Crippen LogP contribution in [0, 0.1) is 11.5 Å². The number of halogens is 1. The summed E-state index contributed by atoms with van der Waals surface area (Å²) in [6.07, 6.45) is 7.11. The van der Waals surface area contributed by atoms with Gasteiger partial charge < -0.3 is 9.15 Å². The molecule has 0 spiro atoms. The van der Waals surface area contributed by atoms with Gasteiger partial charge in [-0.1, -0.05) is 18.0 Å². The second-order valence-electron chi connectivity index (χ2n) is 5.30. The number of aromatic nitrogens is 1. The molecule has 1 aromatic heterocycles. The summed E-state index contributed by atoms with van der Waals surface area (Å²) >= 11 is 6.13.